The zero-order valence-electron chi connectivity index (χ0n) is 12.0. The zero-order valence-corrected chi connectivity index (χ0v) is 12.0. The minimum absolute atomic E-state index is 0.437. The first-order chi connectivity index (χ1) is 9.49. The van der Waals surface area contributed by atoms with Crippen molar-refractivity contribution >= 4 is 33.7 Å². The van der Waals surface area contributed by atoms with Crippen LogP contribution < -0.4 is 11.5 Å². The number of hydrogen-bond donors (Lipinski definition) is 2. The standard InChI is InChI=1S/C15H19N5/c1-8(2)7-20-13-11-9(3)5-4-6-10(11)18-14(16)12(13)19-15(20)17/h4-6,8H,7H2,1-3H3,(H2,16,18)(H2,17,19). The lowest BCUT2D eigenvalue weighted by Crippen LogP contribution is -2.08. The van der Waals surface area contributed by atoms with Crippen LogP contribution in [0.1, 0.15) is 19.4 Å². The van der Waals surface area contributed by atoms with Gasteiger partial charge in [0.2, 0.25) is 5.95 Å². The lowest BCUT2D eigenvalue weighted by molar-refractivity contribution is 0.538. The Morgan fingerprint density at radius 3 is 2.65 bits per heavy atom. The fraction of sp³-hybridized carbons (Fsp3) is 0.333. The van der Waals surface area contributed by atoms with Gasteiger partial charge in [-0.25, -0.2) is 9.97 Å². The number of imidazole rings is 1. The van der Waals surface area contributed by atoms with Crippen LogP contribution in [0.25, 0.3) is 21.9 Å². The number of rotatable bonds is 2. The fourth-order valence-corrected chi connectivity index (χ4v) is 2.69. The third-order valence-electron chi connectivity index (χ3n) is 3.52. The van der Waals surface area contributed by atoms with Gasteiger partial charge in [-0.05, 0) is 24.5 Å². The molecule has 0 fully saturated rings. The van der Waals surface area contributed by atoms with E-state index in [-0.39, 0.29) is 0 Å². The van der Waals surface area contributed by atoms with Gasteiger partial charge in [0.25, 0.3) is 0 Å². The van der Waals surface area contributed by atoms with E-state index >= 15 is 0 Å². The summed E-state index contributed by atoms with van der Waals surface area (Å²) in [6, 6.07) is 6.03. The Morgan fingerprint density at radius 1 is 1.20 bits per heavy atom. The second kappa shape index (κ2) is 4.37. The Morgan fingerprint density at radius 2 is 1.95 bits per heavy atom. The molecule has 2 heterocycles. The van der Waals surface area contributed by atoms with E-state index in [1.807, 2.05) is 16.7 Å². The molecular weight excluding hydrogens is 250 g/mol. The van der Waals surface area contributed by atoms with E-state index in [9.17, 15) is 0 Å². The summed E-state index contributed by atoms with van der Waals surface area (Å²) in [6.45, 7) is 7.20. The van der Waals surface area contributed by atoms with Crippen molar-refractivity contribution in [1.82, 2.24) is 14.5 Å². The van der Waals surface area contributed by atoms with E-state index in [2.05, 4.69) is 36.8 Å². The molecule has 0 amide bonds. The highest BCUT2D eigenvalue weighted by molar-refractivity contribution is 6.08. The molecule has 104 valence electrons. The molecule has 0 aliphatic rings. The Bertz CT molecular complexity index is 801. The van der Waals surface area contributed by atoms with Gasteiger partial charge in [0.1, 0.15) is 5.52 Å². The third kappa shape index (κ3) is 1.78. The lowest BCUT2D eigenvalue weighted by Gasteiger charge is -2.12. The number of anilines is 2. The Hall–Kier alpha value is -2.30. The van der Waals surface area contributed by atoms with Crippen molar-refractivity contribution in [2.45, 2.75) is 27.3 Å². The molecule has 20 heavy (non-hydrogen) atoms. The van der Waals surface area contributed by atoms with Crippen LogP contribution in [-0.4, -0.2) is 14.5 Å². The molecule has 0 atom stereocenters. The first kappa shape index (κ1) is 12.7. The fourth-order valence-electron chi connectivity index (χ4n) is 2.69. The van der Waals surface area contributed by atoms with E-state index < -0.39 is 0 Å². The molecule has 0 bridgehead atoms. The quantitative estimate of drug-likeness (QED) is 0.749. The van der Waals surface area contributed by atoms with Gasteiger partial charge in [0.15, 0.2) is 5.82 Å². The van der Waals surface area contributed by atoms with Crippen molar-refractivity contribution in [1.29, 1.82) is 0 Å². The molecule has 0 aliphatic carbocycles. The molecule has 3 rings (SSSR count). The largest absolute Gasteiger partial charge is 0.382 e. The van der Waals surface area contributed by atoms with Gasteiger partial charge in [-0.1, -0.05) is 26.0 Å². The van der Waals surface area contributed by atoms with Crippen molar-refractivity contribution in [3.05, 3.63) is 23.8 Å². The molecule has 0 radical (unpaired) electrons. The van der Waals surface area contributed by atoms with Crippen LogP contribution in [0.2, 0.25) is 0 Å². The van der Waals surface area contributed by atoms with Gasteiger partial charge in [0, 0.05) is 11.9 Å². The molecule has 1 aromatic carbocycles. The summed E-state index contributed by atoms with van der Waals surface area (Å²) in [7, 11) is 0. The summed E-state index contributed by atoms with van der Waals surface area (Å²) in [5, 5.41) is 1.08. The number of nitrogen functional groups attached to an aromatic ring is 2. The second-order valence-corrected chi connectivity index (χ2v) is 5.64. The summed E-state index contributed by atoms with van der Waals surface area (Å²) in [6.07, 6.45) is 0. The minimum atomic E-state index is 0.437. The second-order valence-electron chi connectivity index (χ2n) is 5.64. The van der Waals surface area contributed by atoms with E-state index in [4.69, 9.17) is 11.5 Å². The highest BCUT2D eigenvalue weighted by atomic mass is 15.2. The van der Waals surface area contributed by atoms with Crippen molar-refractivity contribution in [2.24, 2.45) is 5.92 Å². The zero-order chi connectivity index (χ0) is 14.4. The van der Waals surface area contributed by atoms with Crippen LogP contribution in [0.4, 0.5) is 11.8 Å². The van der Waals surface area contributed by atoms with Crippen LogP contribution in [0.3, 0.4) is 0 Å². The molecule has 0 spiro atoms. The predicted molar refractivity (Wildman–Crippen MR) is 83.4 cm³/mol. The van der Waals surface area contributed by atoms with Crippen LogP contribution >= 0.6 is 0 Å². The maximum atomic E-state index is 6.08. The minimum Gasteiger partial charge on any atom is -0.382 e. The SMILES string of the molecule is Cc1cccc2nc(N)c3nc(N)n(CC(C)C)c3c12. The van der Waals surface area contributed by atoms with Crippen LogP contribution in [0.15, 0.2) is 18.2 Å². The molecular formula is C15H19N5. The monoisotopic (exact) mass is 269 g/mol. The van der Waals surface area contributed by atoms with Crippen molar-refractivity contribution in [3.63, 3.8) is 0 Å². The summed E-state index contributed by atoms with van der Waals surface area (Å²) < 4.78 is 2.05. The molecule has 0 aliphatic heterocycles. The number of pyridine rings is 1. The van der Waals surface area contributed by atoms with Crippen molar-refractivity contribution in [2.75, 3.05) is 11.5 Å². The Balaban J connectivity index is 2.51. The van der Waals surface area contributed by atoms with Crippen LogP contribution in [-0.2, 0) is 6.54 Å². The summed E-state index contributed by atoms with van der Waals surface area (Å²) in [4.78, 5) is 8.85. The predicted octanol–water partition coefficient (Wildman–Crippen LogP) is 2.71. The number of aromatic nitrogens is 3. The van der Waals surface area contributed by atoms with Gasteiger partial charge in [0.05, 0.1) is 11.0 Å². The topological polar surface area (TPSA) is 82.8 Å². The molecule has 2 aromatic heterocycles. The molecule has 3 aromatic rings. The average Bonchev–Trinajstić information content (AvgIpc) is 2.67. The Kier molecular flexibility index (Phi) is 2.78. The summed E-state index contributed by atoms with van der Waals surface area (Å²) in [5.41, 5.74) is 15.9. The maximum absolute atomic E-state index is 6.08. The van der Waals surface area contributed by atoms with Crippen LogP contribution in [0, 0.1) is 12.8 Å². The molecule has 5 nitrogen and oxygen atoms in total. The van der Waals surface area contributed by atoms with Crippen LogP contribution in [0.5, 0.6) is 0 Å². The van der Waals surface area contributed by atoms with Gasteiger partial charge in [-0.15, -0.1) is 0 Å². The van der Waals surface area contributed by atoms with E-state index in [1.165, 1.54) is 0 Å². The first-order valence-corrected chi connectivity index (χ1v) is 6.79. The molecule has 0 unspecified atom stereocenters. The molecule has 5 heteroatoms. The molecule has 0 saturated heterocycles. The van der Waals surface area contributed by atoms with Gasteiger partial charge >= 0.3 is 0 Å². The van der Waals surface area contributed by atoms with Gasteiger partial charge in [-0.3, -0.25) is 0 Å². The number of nitrogens with zero attached hydrogens (tertiary/aromatic N) is 3. The highest BCUT2D eigenvalue weighted by Gasteiger charge is 2.17. The van der Waals surface area contributed by atoms with Gasteiger partial charge < -0.3 is 16.0 Å². The summed E-state index contributed by atoms with van der Waals surface area (Å²) >= 11 is 0. The number of benzene rings is 1. The smallest absolute Gasteiger partial charge is 0.201 e. The normalized spacial score (nSPS) is 11.8. The van der Waals surface area contributed by atoms with E-state index in [0.717, 1.165) is 28.5 Å². The number of aryl methyl sites for hydroxylation is 1. The van der Waals surface area contributed by atoms with Gasteiger partial charge in [-0.2, -0.15) is 0 Å². The lowest BCUT2D eigenvalue weighted by atomic mass is 10.1. The third-order valence-corrected chi connectivity index (χ3v) is 3.52. The number of fused-ring (bicyclic) bond motifs is 3. The molecule has 4 N–H and O–H groups in total. The average molecular weight is 269 g/mol. The maximum Gasteiger partial charge on any atom is 0.201 e. The number of hydrogen-bond acceptors (Lipinski definition) is 4. The molecule has 0 saturated carbocycles. The van der Waals surface area contributed by atoms with E-state index in [0.29, 0.717) is 23.2 Å². The van der Waals surface area contributed by atoms with Crippen molar-refractivity contribution < 1.29 is 0 Å². The Labute approximate surface area is 117 Å². The highest BCUT2D eigenvalue weighted by Crippen LogP contribution is 2.31. The van der Waals surface area contributed by atoms with E-state index in [1.54, 1.807) is 0 Å². The first-order valence-electron chi connectivity index (χ1n) is 6.79. The summed E-state index contributed by atoms with van der Waals surface area (Å²) in [5.74, 6) is 1.41. The van der Waals surface area contributed by atoms with Crippen molar-refractivity contribution in [3.8, 4) is 0 Å². The number of nitrogens with two attached hydrogens (primary N) is 2.